The van der Waals surface area contributed by atoms with Gasteiger partial charge in [-0.2, -0.15) is 0 Å². The number of rotatable bonds is 8. The molecule has 0 saturated carbocycles. The van der Waals surface area contributed by atoms with Gasteiger partial charge in [-0.25, -0.2) is 0 Å². The highest BCUT2D eigenvalue weighted by molar-refractivity contribution is 5.88. The van der Waals surface area contributed by atoms with Crippen molar-refractivity contribution in [2.75, 3.05) is 14.2 Å². The zero-order chi connectivity index (χ0) is 19.8. The van der Waals surface area contributed by atoms with Crippen molar-refractivity contribution in [1.29, 1.82) is 0 Å². The fourth-order valence-electron chi connectivity index (χ4n) is 3.08. The van der Waals surface area contributed by atoms with E-state index < -0.39 is 6.04 Å². The molecular formula is C22H28N2O3. The molecule has 0 aliphatic carbocycles. The molecule has 0 aliphatic heterocycles. The Morgan fingerprint density at radius 2 is 1.78 bits per heavy atom. The number of hydrogen-bond acceptors (Lipinski definition) is 3. The molecule has 2 rings (SSSR count). The number of aryl methyl sites for hydroxylation is 1. The summed E-state index contributed by atoms with van der Waals surface area (Å²) in [6.07, 6.45) is 0.795. The van der Waals surface area contributed by atoms with E-state index in [9.17, 15) is 9.59 Å². The number of carbonyl (C=O) groups excluding carboxylic acids is 2. The van der Waals surface area contributed by atoms with Crippen LogP contribution in [0.4, 0.5) is 0 Å². The molecule has 144 valence electrons. The Bertz CT molecular complexity index is 771. The van der Waals surface area contributed by atoms with E-state index in [4.69, 9.17) is 4.74 Å². The lowest BCUT2D eigenvalue weighted by Gasteiger charge is -2.31. The van der Waals surface area contributed by atoms with Gasteiger partial charge in [0, 0.05) is 13.6 Å². The Hall–Kier alpha value is -2.82. The second-order valence-electron chi connectivity index (χ2n) is 6.51. The molecule has 0 bridgehead atoms. The van der Waals surface area contributed by atoms with E-state index in [-0.39, 0.29) is 18.2 Å². The number of carbonyl (C=O) groups is 2. The lowest BCUT2D eigenvalue weighted by Crippen LogP contribution is -2.48. The van der Waals surface area contributed by atoms with Gasteiger partial charge in [-0.1, -0.05) is 43.3 Å². The van der Waals surface area contributed by atoms with Crippen LogP contribution in [-0.2, 0) is 22.6 Å². The molecule has 5 nitrogen and oxygen atoms in total. The first-order chi connectivity index (χ1) is 13.0. The summed E-state index contributed by atoms with van der Waals surface area (Å²) in [5.74, 6) is 0.535. The Morgan fingerprint density at radius 1 is 1.11 bits per heavy atom. The highest BCUT2D eigenvalue weighted by Gasteiger charge is 2.28. The molecule has 1 atom stereocenters. The minimum absolute atomic E-state index is 0.0705. The van der Waals surface area contributed by atoms with Crippen molar-refractivity contribution >= 4 is 11.8 Å². The fraction of sp³-hybridized carbons (Fsp3) is 0.364. The van der Waals surface area contributed by atoms with Crippen LogP contribution in [0.2, 0.25) is 0 Å². The molecule has 2 aromatic rings. The quantitative estimate of drug-likeness (QED) is 0.779. The molecule has 0 aliphatic rings. The van der Waals surface area contributed by atoms with Crippen LogP contribution in [0.1, 0.15) is 30.0 Å². The number of nitrogens with one attached hydrogen (secondary N) is 1. The summed E-state index contributed by atoms with van der Waals surface area (Å²) in [5, 5.41) is 2.68. The Balaban J connectivity index is 2.27. The van der Waals surface area contributed by atoms with Crippen LogP contribution in [0, 0.1) is 6.92 Å². The number of hydrogen-bond donors (Lipinski definition) is 1. The summed E-state index contributed by atoms with van der Waals surface area (Å²) in [6.45, 7) is 4.35. The number of likely N-dealkylation sites (N-methyl/N-ethyl adjacent to an activating group) is 1. The Labute approximate surface area is 161 Å². The van der Waals surface area contributed by atoms with Gasteiger partial charge in [-0.05, 0) is 42.2 Å². The number of nitrogens with zero attached hydrogens (tertiary/aromatic N) is 1. The minimum atomic E-state index is -0.500. The van der Waals surface area contributed by atoms with E-state index in [2.05, 4.69) is 5.32 Å². The van der Waals surface area contributed by atoms with Crippen LogP contribution in [0.15, 0.2) is 48.5 Å². The lowest BCUT2D eigenvalue weighted by atomic mass is 10.0. The van der Waals surface area contributed by atoms with Crippen LogP contribution >= 0.6 is 0 Å². The zero-order valence-corrected chi connectivity index (χ0v) is 16.5. The number of amides is 2. The topological polar surface area (TPSA) is 58.6 Å². The first-order valence-corrected chi connectivity index (χ1v) is 9.18. The van der Waals surface area contributed by atoms with Gasteiger partial charge in [0.05, 0.1) is 13.5 Å². The largest absolute Gasteiger partial charge is 0.497 e. The molecule has 5 heteroatoms. The van der Waals surface area contributed by atoms with Crippen LogP contribution < -0.4 is 10.1 Å². The molecule has 1 unspecified atom stereocenters. The summed E-state index contributed by atoms with van der Waals surface area (Å²) < 4.78 is 5.17. The van der Waals surface area contributed by atoms with E-state index >= 15 is 0 Å². The molecule has 1 N–H and O–H groups in total. The molecule has 0 heterocycles. The third kappa shape index (κ3) is 5.33. The maximum Gasteiger partial charge on any atom is 0.242 e. The average molecular weight is 368 g/mol. The molecule has 0 aromatic heterocycles. The van der Waals surface area contributed by atoms with Crippen LogP contribution in [-0.4, -0.2) is 36.9 Å². The van der Waals surface area contributed by atoms with Crippen molar-refractivity contribution in [2.45, 2.75) is 39.3 Å². The highest BCUT2D eigenvalue weighted by Crippen LogP contribution is 2.18. The Kier molecular flexibility index (Phi) is 7.41. The van der Waals surface area contributed by atoms with E-state index in [0.717, 1.165) is 22.4 Å². The SMILES string of the molecule is CCC(C(=O)NC)N(Cc1ccccc1C)C(=O)Cc1ccc(OC)cc1. The van der Waals surface area contributed by atoms with E-state index in [1.807, 2.05) is 62.4 Å². The van der Waals surface area contributed by atoms with Gasteiger partial charge >= 0.3 is 0 Å². The van der Waals surface area contributed by atoms with Crippen molar-refractivity contribution in [3.63, 3.8) is 0 Å². The van der Waals surface area contributed by atoms with Crippen LogP contribution in [0.3, 0.4) is 0 Å². The van der Waals surface area contributed by atoms with Gasteiger partial charge in [0.15, 0.2) is 0 Å². The summed E-state index contributed by atoms with van der Waals surface area (Å²) in [7, 11) is 3.21. The van der Waals surface area contributed by atoms with Gasteiger partial charge in [-0.3, -0.25) is 9.59 Å². The summed E-state index contributed by atoms with van der Waals surface area (Å²) in [5.41, 5.74) is 3.04. The van der Waals surface area contributed by atoms with Gasteiger partial charge in [0.25, 0.3) is 0 Å². The Morgan fingerprint density at radius 3 is 2.33 bits per heavy atom. The summed E-state index contributed by atoms with van der Waals surface area (Å²) >= 11 is 0. The van der Waals surface area contributed by atoms with Crippen molar-refractivity contribution in [3.8, 4) is 5.75 Å². The monoisotopic (exact) mass is 368 g/mol. The average Bonchev–Trinajstić information content (AvgIpc) is 2.69. The first-order valence-electron chi connectivity index (χ1n) is 9.18. The van der Waals surface area contributed by atoms with Crippen molar-refractivity contribution < 1.29 is 14.3 Å². The maximum absolute atomic E-state index is 13.1. The molecule has 0 spiro atoms. The normalized spacial score (nSPS) is 11.6. The van der Waals surface area contributed by atoms with Gasteiger partial charge in [-0.15, -0.1) is 0 Å². The molecule has 27 heavy (non-hydrogen) atoms. The van der Waals surface area contributed by atoms with Crippen LogP contribution in [0.5, 0.6) is 5.75 Å². The zero-order valence-electron chi connectivity index (χ0n) is 16.5. The second-order valence-corrected chi connectivity index (χ2v) is 6.51. The molecule has 2 amide bonds. The number of ether oxygens (including phenoxy) is 1. The fourth-order valence-corrected chi connectivity index (χ4v) is 3.08. The van der Waals surface area contributed by atoms with E-state index in [1.54, 1.807) is 19.1 Å². The lowest BCUT2D eigenvalue weighted by molar-refractivity contribution is -0.140. The number of benzene rings is 2. The molecule has 0 fully saturated rings. The maximum atomic E-state index is 13.1. The third-order valence-electron chi connectivity index (χ3n) is 4.75. The first kappa shape index (κ1) is 20.5. The standard InChI is InChI=1S/C22H28N2O3/c1-5-20(22(26)23-3)24(15-18-9-7-6-8-16(18)2)21(25)14-17-10-12-19(27-4)13-11-17/h6-13,20H,5,14-15H2,1-4H3,(H,23,26). The van der Waals surface area contributed by atoms with Gasteiger partial charge in [0.2, 0.25) is 11.8 Å². The third-order valence-corrected chi connectivity index (χ3v) is 4.75. The summed E-state index contributed by atoms with van der Waals surface area (Å²) in [6, 6.07) is 14.9. The van der Waals surface area contributed by atoms with Gasteiger partial charge in [0.1, 0.15) is 11.8 Å². The minimum Gasteiger partial charge on any atom is -0.497 e. The van der Waals surface area contributed by atoms with Crippen LogP contribution in [0.25, 0.3) is 0 Å². The second kappa shape index (κ2) is 9.76. The predicted octanol–water partition coefficient (Wildman–Crippen LogP) is 3.10. The van der Waals surface area contributed by atoms with Crippen molar-refractivity contribution in [1.82, 2.24) is 10.2 Å². The molecule has 0 radical (unpaired) electrons. The number of methoxy groups -OCH3 is 1. The molecular weight excluding hydrogens is 340 g/mol. The smallest absolute Gasteiger partial charge is 0.242 e. The van der Waals surface area contributed by atoms with E-state index in [1.165, 1.54) is 0 Å². The molecule has 2 aromatic carbocycles. The predicted molar refractivity (Wildman–Crippen MR) is 107 cm³/mol. The van der Waals surface area contributed by atoms with Crippen molar-refractivity contribution in [2.24, 2.45) is 0 Å². The van der Waals surface area contributed by atoms with Gasteiger partial charge < -0.3 is 15.0 Å². The van der Waals surface area contributed by atoms with Crippen molar-refractivity contribution in [3.05, 3.63) is 65.2 Å². The van der Waals surface area contributed by atoms with E-state index in [0.29, 0.717) is 13.0 Å². The molecule has 0 saturated heterocycles. The summed E-state index contributed by atoms with van der Waals surface area (Å²) in [4.78, 5) is 27.2. The highest BCUT2D eigenvalue weighted by atomic mass is 16.5.